The third kappa shape index (κ3) is 7.65. The van der Waals surface area contributed by atoms with Crippen molar-refractivity contribution in [2.24, 2.45) is 0 Å². The summed E-state index contributed by atoms with van der Waals surface area (Å²) in [5.41, 5.74) is 3.47. The van der Waals surface area contributed by atoms with E-state index < -0.39 is 21.0 Å². The van der Waals surface area contributed by atoms with Gasteiger partial charge in [-0.05, 0) is 64.6 Å². The second-order valence-electron chi connectivity index (χ2n) is 9.47. The first-order valence-corrected chi connectivity index (χ1v) is 14.3. The average Bonchev–Trinajstić information content (AvgIpc) is 2.96. The summed E-state index contributed by atoms with van der Waals surface area (Å²) in [7, 11) is -3.78. The first-order chi connectivity index (χ1) is 18.8. The molecule has 1 atom stereocenters. The maximum Gasteiger partial charge on any atom is 0.244 e. The lowest BCUT2D eigenvalue weighted by Crippen LogP contribution is -2.31. The molecule has 0 saturated heterocycles. The number of pyridine rings is 1. The minimum Gasteiger partial charge on any atom is -0.489 e. The molecule has 4 rings (SSSR count). The first-order valence-electron chi connectivity index (χ1n) is 12.8. The quantitative estimate of drug-likeness (QED) is 0.231. The Balaban J connectivity index is 1.40. The van der Waals surface area contributed by atoms with Crippen LogP contribution in [0.1, 0.15) is 47.3 Å². The number of hydrogen-bond acceptors (Lipinski definition) is 5. The predicted octanol–water partition coefficient (Wildman–Crippen LogP) is 6.13. The van der Waals surface area contributed by atoms with Crippen LogP contribution >= 0.6 is 0 Å². The van der Waals surface area contributed by atoms with Crippen LogP contribution in [0.5, 0.6) is 5.75 Å². The van der Waals surface area contributed by atoms with Crippen LogP contribution in [0.15, 0.2) is 114 Å². The Labute approximate surface area is 230 Å². The monoisotopic (exact) mass is 540 g/mol. The van der Waals surface area contributed by atoms with Gasteiger partial charge in [0.25, 0.3) is 0 Å². The molecule has 0 fully saturated rings. The van der Waals surface area contributed by atoms with Crippen molar-refractivity contribution in [1.82, 2.24) is 10.3 Å². The highest BCUT2D eigenvalue weighted by molar-refractivity contribution is 7.91. The normalized spacial score (nSPS) is 12.4. The minimum atomic E-state index is -3.78. The Morgan fingerprint density at radius 2 is 1.62 bits per heavy atom. The van der Waals surface area contributed by atoms with Crippen LogP contribution in [-0.2, 0) is 21.2 Å². The summed E-state index contributed by atoms with van der Waals surface area (Å²) < 4.78 is 32.9. The van der Waals surface area contributed by atoms with Crippen LogP contribution < -0.4 is 10.1 Å². The van der Waals surface area contributed by atoms with E-state index in [2.05, 4.69) is 24.1 Å². The molecular weight excluding hydrogens is 508 g/mol. The lowest BCUT2D eigenvalue weighted by Gasteiger charge is -2.19. The van der Waals surface area contributed by atoms with Gasteiger partial charge in [0.1, 0.15) is 17.6 Å². The molecule has 1 N–H and O–H groups in total. The van der Waals surface area contributed by atoms with E-state index in [4.69, 9.17) is 4.74 Å². The van der Waals surface area contributed by atoms with Crippen molar-refractivity contribution in [3.05, 3.63) is 132 Å². The molecule has 3 aromatic carbocycles. The molecule has 0 bridgehead atoms. The second kappa shape index (κ2) is 13.0. The number of hydrogen-bond donors (Lipinski definition) is 1. The Kier molecular flexibility index (Phi) is 9.28. The topological polar surface area (TPSA) is 85.4 Å². The van der Waals surface area contributed by atoms with Gasteiger partial charge in [0, 0.05) is 25.0 Å². The van der Waals surface area contributed by atoms with Crippen LogP contribution in [0.2, 0.25) is 0 Å². The number of nitrogens with zero attached hydrogens (tertiary/aromatic N) is 1. The number of sulfone groups is 1. The molecule has 0 aliphatic rings. The van der Waals surface area contributed by atoms with Gasteiger partial charge in [0.15, 0.2) is 9.84 Å². The summed E-state index contributed by atoms with van der Waals surface area (Å²) in [6.45, 7) is 4.50. The van der Waals surface area contributed by atoms with Gasteiger partial charge in [-0.3, -0.25) is 9.78 Å². The summed E-state index contributed by atoms with van der Waals surface area (Å²) in [5.74, 6) is 0.630. The molecule has 1 amide bonds. The molecule has 0 radical (unpaired) electrons. The highest BCUT2D eigenvalue weighted by Crippen LogP contribution is 2.29. The maximum atomic E-state index is 13.6. The Morgan fingerprint density at radius 3 is 2.26 bits per heavy atom. The third-order valence-corrected chi connectivity index (χ3v) is 8.44. The van der Waals surface area contributed by atoms with Crippen LogP contribution in [0.3, 0.4) is 0 Å². The summed E-state index contributed by atoms with van der Waals surface area (Å²) in [6, 6.07) is 27.6. The average molecular weight is 541 g/mol. The number of amides is 1. The van der Waals surface area contributed by atoms with Crippen molar-refractivity contribution in [1.29, 1.82) is 0 Å². The van der Waals surface area contributed by atoms with Crippen molar-refractivity contribution >= 4 is 21.8 Å². The van der Waals surface area contributed by atoms with Crippen molar-refractivity contribution in [2.45, 2.75) is 36.5 Å². The van der Waals surface area contributed by atoms with Crippen molar-refractivity contribution < 1.29 is 17.9 Å². The van der Waals surface area contributed by atoms with E-state index in [1.165, 1.54) is 12.3 Å². The van der Waals surface area contributed by atoms with Gasteiger partial charge in [0.2, 0.25) is 5.91 Å². The molecule has 4 aromatic rings. The number of carbonyl (C=O) groups is 1. The fourth-order valence-electron chi connectivity index (χ4n) is 4.02. The van der Waals surface area contributed by atoms with Gasteiger partial charge >= 0.3 is 0 Å². The SMILES string of the molecule is CC(C)c1ccc(S(=O)(=O)C(CNC(=O)/C=C/c2ccc(OCc3ccccc3)cc2)c2cccnc2)cc1. The Hall–Kier alpha value is -4.23. The standard InChI is InChI=1S/C32H32N2O4S/c1-24(2)27-13-17-30(18-14-27)39(36,37)31(28-9-6-20-33-21-28)22-34-32(35)19-12-25-10-15-29(16-11-25)38-23-26-7-4-3-5-8-26/h3-21,24,31H,22-23H2,1-2H3,(H,34,35)/b19-12+. The number of carbonyl (C=O) groups excluding carboxylic acids is 1. The summed E-state index contributed by atoms with van der Waals surface area (Å²) in [4.78, 5) is 16.9. The molecule has 0 aliphatic heterocycles. The Morgan fingerprint density at radius 1 is 0.897 bits per heavy atom. The zero-order chi connectivity index (χ0) is 27.7. The zero-order valence-corrected chi connectivity index (χ0v) is 22.8. The number of ether oxygens (including phenoxy) is 1. The highest BCUT2D eigenvalue weighted by atomic mass is 32.2. The van der Waals surface area contributed by atoms with Gasteiger partial charge in [-0.15, -0.1) is 0 Å². The van der Waals surface area contributed by atoms with Crippen LogP contribution in [-0.4, -0.2) is 25.9 Å². The highest BCUT2D eigenvalue weighted by Gasteiger charge is 2.29. The first kappa shape index (κ1) is 27.8. The van der Waals surface area contributed by atoms with Gasteiger partial charge in [-0.1, -0.05) is 74.5 Å². The summed E-state index contributed by atoms with van der Waals surface area (Å²) in [5, 5.41) is 1.77. The van der Waals surface area contributed by atoms with Crippen molar-refractivity contribution in [2.75, 3.05) is 6.54 Å². The van der Waals surface area contributed by atoms with E-state index in [1.807, 2.05) is 66.7 Å². The minimum absolute atomic E-state index is 0.0879. The Bertz CT molecular complexity index is 1480. The molecule has 1 unspecified atom stereocenters. The largest absolute Gasteiger partial charge is 0.489 e. The molecule has 7 heteroatoms. The molecule has 1 aromatic heterocycles. The number of benzene rings is 3. The maximum absolute atomic E-state index is 13.6. The molecule has 6 nitrogen and oxygen atoms in total. The van der Waals surface area contributed by atoms with Gasteiger partial charge in [-0.2, -0.15) is 0 Å². The van der Waals surface area contributed by atoms with Gasteiger partial charge in [-0.25, -0.2) is 8.42 Å². The smallest absolute Gasteiger partial charge is 0.244 e. The molecule has 0 saturated carbocycles. The number of rotatable bonds is 11. The lowest BCUT2D eigenvalue weighted by molar-refractivity contribution is -0.116. The zero-order valence-electron chi connectivity index (χ0n) is 22.0. The van der Waals surface area contributed by atoms with E-state index in [1.54, 1.807) is 36.5 Å². The van der Waals surface area contributed by atoms with E-state index in [9.17, 15) is 13.2 Å². The van der Waals surface area contributed by atoms with Crippen molar-refractivity contribution in [3.8, 4) is 5.75 Å². The number of nitrogens with one attached hydrogen (secondary N) is 1. The third-order valence-electron chi connectivity index (χ3n) is 6.32. The van der Waals surface area contributed by atoms with E-state index in [0.29, 0.717) is 18.1 Å². The molecule has 0 spiro atoms. The molecule has 200 valence electrons. The fourth-order valence-corrected chi connectivity index (χ4v) is 5.66. The van der Waals surface area contributed by atoms with Crippen molar-refractivity contribution in [3.63, 3.8) is 0 Å². The van der Waals surface area contributed by atoms with E-state index in [-0.39, 0.29) is 11.4 Å². The van der Waals surface area contributed by atoms with E-state index >= 15 is 0 Å². The summed E-state index contributed by atoms with van der Waals surface area (Å²) >= 11 is 0. The lowest BCUT2D eigenvalue weighted by atomic mass is 10.0. The summed E-state index contributed by atoms with van der Waals surface area (Å²) in [6.07, 6.45) is 6.18. The van der Waals surface area contributed by atoms with E-state index in [0.717, 1.165) is 22.4 Å². The van der Waals surface area contributed by atoms with Crippen LogP contribution in [0.25, 0.3) is 6.08 Å². The van der Waals surface area contributed by atoms with Crippen LogP contribution in [0.4, 0.5) is 0 Å². The van der Waals surface area contributed by atoms with Gasteiger partial charge in [0.05, 0.1) is 4.90 Å². The van der Waals surface area contributed by atoms with Crippen LogP contribution in [0, 0.1) is 0 Å². The van der Waals surface area contributed by atoms with Gasteiger partial charge < -0.3 is 10.1 Å². The molecule has 1 heterocycles. The second-order valence-corrected chi connectivity index (χ2v) is 11.6. The molecule has 39 heavy (non-hydrogen) atoms. The predicted molar refractivity (Wildman–Crippen MR) is 154 cm³/mol. The fraction of sp³-hybridized carbons (Fsp3) is 0.188. The molecule has 0 aliphatic carbocycles. The number of aromatic nitrogens is 1. The molecular formula is C32H32N2O4S.